The van der Waals surface area contributed by atoms with Crippen LogP contribution in [0.2, 0.25) is 0 Å². The van der Waals surface area contributed by atoms with Gasteiger partial charge in [-0.3, -0.25) is 14.6 Å². The van der Waals surface area contributed by atoms with Crippen LogP contribution in [0.3, 0.4) is 0 Å². The van der Waals surface area contributed by atoms with Gasteiger partial charge in [-0.15, -0.1) is 0 Å². The first-order chi connectivity index (χ1) is 12.8. The van der Waals surface area contributed by atoms with Crippen molar-refractivity contribution in [3.63, 3.8) is 0 Å². The molecule has 0 unspecified atom stereocenters. The molecule has 0 aromatic heterocycles. The van der Waals surface area contributed by atoms with E-state index in [0.717, 1.165) is 4.47 Å². The number of phosphoric ester groups is 1. The molecule has 0 fully saturated rings. The Morgan fingerprint density at radius 3 is 2.34 bits per heavy atom. The molecule has 3 rings (SSSR count). The fourth-order valence-corrected chi connectivity index (χ4v) is 3.35. The predicted octanol–water partition coefficient (Wildman–Crippen LogP) is -1.66. The van der Waals surface area contributed by atoms with E-state index in [0.29, 0.717) is 22.2 Å². The van der Waals surface area contributed by atoms with E-state index in [1.165, 1.54) is 19.2 Å². The summed E-state index contributed by atoms with van der Waals surface area (Å²) in [5.41, 5.74) is 0.399. The second-order valence-electron chi connectivity index (χ2n) is 5.58. The van der Waals surface area contributed by atoms with Gasteiger partial charge in [0.1, 0.15) is 11.5 Å². The van der Waals surface area contributed by atoms with Crippen molar-refractivity contribution in [2.75, 3.05) is 12.4 Å². The Bertz CT molecular complexity index is 1080. The first kappa shape index (κ1) is 26.7. The van der Waals surface area contributed by atoms with E-state index in [1.54, 1.807) is 42.5 Å². The topological polar surface area (TPSA) is 105 Å². The molecular formula is C18H15BrNNa2O6P+2. The third kappa shape index (κ3) is 7.08. The average molecular weight is 498 g/mol. The van der Waals surface area contributed by atoms with Crippen LogP contribution in [0.4, 0.5) is 5.69 Å². The Hall–Kier alpha value is -0.380. The van der Waals surface area contributed by atoms with Crippen molar-refractivity contribution >= 4 is 46.1 Å². The van der Waals surface area contributed by atoms with Crippen LogP contribution in [0.1, 0.15) is 10.4 Å². The number of carbonyl (C=O) groups is 1. The molecule has 3 aromatic carbocycles. The Labute approximate surface area is 220 Å². The van der Waals surface area contributed by atoms with Crippen LogP contribution in [-0.4, -0.2) is 22.8 Å². The molecular weight excluding hydrogens is 483 g/mol. The normalized spacial score (nSPS) is 10.5. The van der Waals surface area contributed by atoms with Crippen LogP contribution in [0, 0.1) is 0 Å². The van der Waals surface area contributed by atoms with Crippen LogP contribution < -0.4 is 73.7 Å². The van der Waals surface area contributed by atoms with Crippen molar-refractivity contribution < 1.29 is 87.5 Å². The van der Waals surface area contributed by atoms with E-state index < -0.39 is 13.7 Å². The molecule has 0 aliphatic carbocycles. The third-order valence-electron chi connectivity index (χ3n) is 3.72. The Balaban J connectivity index is 0.00000210. The van der Waals surface area contributed by atoms with Crippen LogP contribution >= 0.6 is 23.8 Å². The van der Waals surface area contributed by atoms with Gasteiger partial charge in [-0.05, 0) is 47.2 Å². The quantitative estimate of drug-likeness (QED) is 0.288. The molecule has 0 heterocycles. The third-order valence-corrected chi connectivity index (χ3v) is 4.65. The number of amides is 1. The zero-order valence-electron chi connectivity index (χ0n) is 16.0. The maximum Gasteiger partial charge on any atom is 1.00 e. The molecule has 140 valence electrons. The Morgan fingerprint density at radius 1 is 1.00 bits per heavy atom. The molecule has 0 atom stereocenters. The number of nitrogens with one attached hydrogen (secondary N) is 1. The van der Waals surface area contributed by atoms with E-state index in [-0.39, 0.29) is 70.4 Å². The first-order valence-corrected chi connectivity index (χ1v) is 10.0. The summed E-state index contributed by atoms with van der Waals surface area (Å²) in [6.07, 6.45) is 0. The fourth-order valence-electron chi connectivity index (χ4n) is 2.57. The van der Waals surface area contributed by atoms with E-state index in [4.69, 9.17) is 9.26 Å². The smallest absolute Gasteiger partial charge is 0.495 e. The van der Waals surface area contributed by atoms with Crippen molar-refractivity contribution in [2.45, 2.75) is 0 Å². The minimum Gasteiger partial charge on any atom is -0.495 e. The maximum atomic E-state index is 12.8. The molecule has 0 aliphatic heterocycles. The monoisotopic (exact) mass is 497 g/mol. The van der Waals surface area contributed by atoms with Gasteiger partial charge in [-0.25, -0.2) is 4.57 Å². The zero-order valence-corrected chi connectivity index (χ0v) is 22.5. The van der Waals surface area contributed by atoms with Crippen molar-refractivity contribution in [1.82, 2.24) is 0 Å². The SMILES string of the molecule is COc1ccccc1NC(=O)c1cc2cc(Br)ccc2cc1OP(=O)(O)O.[Na+].[Na+]. The van der Waals surface area contributed by atoms with E-state index in [1.807, 2.05) is 0 Å². The number of hydrogen-bond acceptors (Lipinski definition) is 4. The van der Waals surface area contributed by atoms with Gasteiger partial charge in [0, 0.05) is 4.47 Å². The van der Waals surface area contributed by atoms with Crippen molar-refractivity contribution in [3.8, 4) is 11.5 Å². The first-order valence-electron chi connectivity index (χ1n) is 7.69. The Kier molecular flexibility index (Phi) is 10.4. The minimum atomic E-state index is -4.85. The summed E-state index contributed by atoms with van der Waals surface area (Å²) in [4.78, 5) is 31.2. The van der Waals surface area contributed by atoms with Gasteiger partial charge in [0.25, 0.3) is 5.91 Å². The van der Waals surface area contributed by atoms with Gasteiger partial charge < -0.3 is 14.6 Å². The molecule has 0 saturated carbocycles. The molecule has 0 bridgehead atoms. The number of ether oxygens (including phenoxy) is 1. The summed E-state index contributed by atoms with van der Waals surface area (Å²) in [6, 6.07) is 15.0. The van der Waals surface area contributed by atoms with Crippen molar-refractivity contribution in [3.05, 3.63) is 64.6 Å². The number of phosphoric acid groups is 1. The standard InChI is InChI=1S/C18H15BrNO6P.2Na/c1-25-16-5-3-2-4-15(16)20-18(21)14-9-12-8-13(19)7-6-11(12)10-17(14)26-27(22,23)24;;/h2-10H,1H3,(H,20,21)(H2,22,23,24);;/q;2*+1. The molecule has 1 amide bonds. The van der Waals surface area contributed by atoms with Crippen LogP contribution in [-0.2, 0) is 4.57 Å². The van der Waals surface area contributed by atoms with Crippen molar-refractivity contribution in [1.29, 1.82) is 0 Å². The Morgan fingerprint density at radius 2 is 1.69 bits per heavy atom. The fraction of sp³-hybridized carbons (Fsp3) is 0.0556. The van der Waals surface area contributed by atoms with Gasteiger partial charge in [0.15, 0.2) is 0 Å². The second kappa shape index (κ2) is 11.3. The van der Waals surface area contributed by atoms with E-state index >= 15 is 0 Å². The molecule has 7 nitrogen and oxygen atoms in total. The molecule has 29 heavy (non-hydrogen) atoms. The average Bonchev–Trinajstić information content (AvgIpc) is 2.60. The largest absolute Gasteiger partial charge is 1.00 e. The number of rotatable bonds is 5. The minimum absolute atomic E-state index is 0. The summed E-state index contributed by atoms with van der Waals surface area (Å²) in [5.74, 6) is -0.359. The molecule has 0 aliphatic rings. The maximum absolute atomic E-state index is 12.8. The number of halogens is 1. The molecule has 0 spiro atoms. The number of para-hydroxylation sites is 2. The number of anilines is 1. The van der Waals surface area contributed by atoms with Gasteiger partial charge in [-0.2, -0.15) is 0 Å². The molecule has 3 aromatic rings. The molecule has 11 heteroatoms. The molecule has 0 saturated heterocycles. The summed E-state index contributed by atoms with van der Waals surface area (Å²) in [6.45, 7) is 0. The second-order valence-corrected chi connectivity index (χ2v) is 7.66. The number of fused-ring (bicyclic) bond motifs is 1. The van der Waals surface area contributed by atoms with Crippen molar-refractivity contribution in [2.24, 2.45) is 0 Å². The van der Waals surface area contributed by atoms with Crippen LogP contribution in [0.25, 0.3) is 10.8 Å². The van der Waals surface area contributed by atoms with Gasteiger partial charge in [-0.1, -0.05) is 34.1 Å². The number of benzene rings is 3. The van der Waals surface area contributed by atoms with E-state index in [9.17, 15) is 19.1 Å². The van der Waals surface area contributed by atoms with Gasteiger partial charge in [0.05, 0.1) is 18.4 Å². The molecule has 0 radical (unpaired) electrons. The number of methoxy groups -OCH3 is 1. The zero-order chi connectivity index (χ0) is 19.6. The summed E-state index contributed by atoms with van der Waals surface area (Å²) < 4.78 is 22.1. The number of carbonyl (C=O) groups excluding carboxylic acids is 1. The molecule has 3 N–H and O–H groups in total. The van der Waals surface area contributed by atoms with Crippen LogP contribution in [0.15, 0.2) is 59.1 Å². The summed E-state index contributed by atoms with van der Waals surface area (Å²) in [5, 5.41) is 4.04. The predicted molar refractivity (Wildman–Crippen MR) is 105 cm³/mol. The van der Waals surface area contributed by atoms with E-state index in [2.05, 4.69) is 21.2 Å². The summed E-state index contributed by atoms with van der Waals surface area (Å²) >= 11 is 3.36. The summed E-state index contributed by atoms with van der Waals surface area (Å²) in [7, 11) is -3.38. The van der Waals surface area contributed by atoms with Gasteiger partial charge >= 0.3 is 66.9 Å². The van der Waals surface area contributed by atoms with Gasteiger partial charge in [0.2, 0.25) is 0 Å². The van der Waals surface area contributed by atoms with Crippen LogP contribution in [0.5, 0.6) is 11.5 Å². The number of hydrogen-bond donors (Lipinski definition) is 3.